The van der Waals surface area contributed by atoms with E-state index in [0.29, 0.717) is 5.92 Å². The van der Waals surface area contributed by atoms with Crippen LogP contribution in [0.5, 0.6) is 0 Å². The maximum atomic E-state index is 5.85. The van der Waals surface area contributed by atoms with Gasteiger partial charge in [0.25, 0.3) is 0 Å². The number of likely N-dealkylation sites (tertiary alicyclic amines) is 1. The molecular formula is C19H19N5O. The van der Waals surface area contributed by atoms with Gasteiger partial charge >= 0.3 is 0 Å². The molecule has 0 N–H and O–H groups in total. The summed E-state index contributed by atoms with van der Waals surface area (Å²) in [6.45, 7) is 2.80. The summed E-state index contributed by atoms with van der Waals surface area (Å²) in [5.41, 5.74) is 2.72. The van der Waals surface area contributed by atoms with Crippen LogP contribution < -0.4 is 0 Å². The van der Waals surface area contributed by atoms with Gasteiger partial charge in [0.15, 0.2) is 11.2 Å². The molecule has 1 aliphatic rings. The summed E-state index contributed by atoms with van der Waals surface area (Å²) in [5, 5.41) is 8.70. The van der Waals surface area contributed by atoms with Crippen LogP contribution in [0.25, 0.3) is 16.7 Å². The van der Waals surface area contributed by atoms with Crippen molar-refractivity contribution in [2.24, 2.45) is 0 Å². The van der Waals surface area contributed by atoms with Gasteiger partial charge < -0.3 is 4.42 Å². The molecule has 1 aliphatic heterocycles. The Labute approximate surface area is 145 Å². The first-order chi connectivity index (χ1) is 12.4. The van der Waals surface area contributed by atoms with Crippen LogP contribution in [0.15, 0.2) is 53.1 Å². The Morgan fingerprint density at radius 3 is 2.72 bits per heavy atom. The fourth-order valence-corrected chi connectivity index (χ4v) is 3.67. The molecule has 0 saturated carbocycles. The van der Waals surface area contributed by atoms with Crippen LogP contribution >= 0.6 is 0 Å². The Bertz CT molecular complexity index is 980. The second-order valence-electron chi connectivity index (χ2n) is 6.61. The van der Waals surface area contributed by atoms with Crippen molar-refractivity contribution < 1.29 is 4.42 Å². The van der Waals surface area contributed by atoms with Crippen LogP contribution in [0.4, 0.5) is 0 Å². The van der Waals surface area contributed by atoms with Gasteiger partial charge in [0.1, 0.15) is 11.3 Å². The van der Waals surface area contributed by atoms with Crippen LogP contribution in [-0.2, 0) is 6.54 Å². The van der Waals surface area contributed by atoms with Crippen molar-refractivity contribution in [3.8, 4) is 0 Å². The monoisotopic (exact) mass is 333 g/mol. The normalized spacial score (nSPS) is 16.8. The van der Waals surface area contributed by atoms with E-state index in [2.05, 4.69) is 30.7 Å². The Morgan fingerprint density at radius 2 is 1.84 bits per heavy atom. The fourth-order valence-electron chi connectivity index (χ4n) is 3.67. The maximum absolute atomic E-state index is 5.85. The molecule has 4 heterocycles. The molecule has 25 heavy (non-hydrogen) atoms. The molecule has 6 heteroatoms. The number of nitrogens with zero attached hydrogens (tertiary/aromatic N) is 5. The lowest BCUT2D eigenvalue weighted by Crippen LogP contribution is -2.33. The zero-order valence-corrected chi connectivity index (χ0v) is 13.9. The van der Waals surface area contributed by atoms with E-state index in [4.69, 9.17) is 4.42 Å². The largest absolute Gasteiger partial charge is 0.439 e. The van der Waals surface area contributed by atoms with E-state index in [1.165, 1.54) is 0 Å². The average molecular weight is 333 g/mol. The van der Waals surface area contributed by atoms with Crippen LogP contribution in [-0.4, -0.2) is 37.6 Å². The van der Waals surface area contributed by atoms with E-state index in [0.717, 1.165) is 60.9 Å². The van der Waals surface area contributed by atoms with E-state index in [9.17, 15) is 0 Å². The summed E-state index contributed by atoms with van der Waals surface area (Å²) in [4.78, 5) is 6.99. The highest BCUT2D eigenvalue weighted by Crippen LogP contribution is 2.28. The molecule has 0 aliphatic carbocycles. The van der Waals surface area contributed by atoms with E-state index in [-0.39, 0.29) is 0 Å². The highest BCUT2D eigenvalue weighted by molar-refractivity contribution is 5.72. The number of hydrogen-bond donors (Lipinski definition) is 0. The minimum absolute atomic E-state index is 0.456. The number of aromatic nitrogens is 4. The molecule has 0 amide bonds. The lowest BCUT2D eigenvalue weighted by atomic mass is 9.96. The minimum Gasteiger partial charge on any atom is -0.439 e. The first-order valence-corrected chi connectivity index (χ1v) is 8.73. The molecule has 5 rings (SSSR count). The molecule has 4 aromatic rings. The number of hydrogen-bond acceptors (Lipinski definition) is 5. The Balaban J connectivity index is 1.28. The highest BCUT2D eigenvalue weighted by atomic mass is 16.3. The van der Waals surface area contributed by atoms with Crippen LogP contribution in [0, 0.1) is 0 Å². The number of fused-ring (bicyclic) bond motifs is 2. The summed E-state index contributed by atoms with van der Waals surface area (Å²) in [5.74, 6) is 2.34. The average Bonchev–Trinajstić information content (AvgIpc) is 3.26. The Hall–Kier alpha value is -2.73. The second-order valence-corrected chi connectivity index (χ2v) is 6.61. The molecule has 0 spiro atoms. The third-order valence-electron chi connectivity index (χ3n) is 4.99. The summed E-state index contributed by atoms with van der Waals surface area (Å²) in [6, 6.07) is 14.0. The van der Waals surface area contributed by atoms with Crippen molar-refractivity contribution in [2.75, 3.05) is 13.1 Å². The van der Waals surface area contributed by atoms with Crippen LogP contribution in [0.1, 0.15) is 30.5 Å². The predicted molar refractivity (Wildman–Crippen MR) is 94.2 cm³/mol. The summed E-state index contributed by atoms with van der Waals surface area (Å²) < 4.78 is 7.96. The summed E-state index contributed by atoms with van der Waals surface area (Å²) in [6.07, 6.45) is 4.21. The fraction of sp³-hybridized carbons (Fsp3) is 0.316. The van der Waals surface area contributed by atoms with Crippen molar-refractivity contribution >= 4 is 16.7 Å². The Morgan fingerprint density at radius 1 is 1.00 bits per heavy atom. The number of para-hydroxylation sites is 2. The van der Waals surface area contributed by atoms with Gasteiger partial charge in [-0.2, -0.15) is 0 Å². The van der Waals surface area contributed by atoms with Crippen molar-refractivity contribution in [2.45, 2.75) is 25.3 Å². The highest BCUT2D eigenvalue weighted by Gasteiger charge is 2.25. The SMILES string of the molecule is c1ccc2oc(CN3CCC(c4nnc5ccccn45)CC3)nc2c1. The van der Waals surface area contributed by atoms with Crippen molar-refractivity contribution in [3.63, 3.8) is 0 Å². The molecule has 0 radical (unpaired) electrons. The molecule has 6 nitrogen and oxygen atoms in total. The number of rotatable bonds is 3. The topological polar surface area (TPSA) is 59.5 Å². The van der Waals surface area contributed by atoms with Gasteiger partial charge in [-0.15, -0.1) is 10.2 Å². The predicted octanol–water partition coefficient (Wildman–Crippen LogP) is 3.25. The van der Waals surface area contributed by atoms with Gasteiger partial charge in [-0.25, -0.2) is 4.98 Å². The maximum Gasteiger partial charge on any atom is 0.209 e. The zero-order chi connectivity index (χ0) is 16.6. The molecular weight excluding hydrogens is 314 g/mol. The number of piperidine rings is 1. The molecule has 0 unspecified atom stereocenters. The third kappa shape index (κ3) is 2.68. The molecule has 1 saturated heterocycles. The standard InChI is InChI=1S/C19H19N5O/c1-2-6-16-15(5-1)20-18(25-16)13-23-11-8-14(9-12-23)19-22-21-17-7-3-4-10-24(17)19/h1-7,10,14H,8-9,11-13H2. The lowest BCUT2D eigenvalue weighted by molar-refractivity contribution is 0.186. The van der Waals surface area contributed by atoms with E-state index in [1.54, 1.807) is 0 Å². The van der Waals surface area contributed by atoms with Gasteiger partial charge in [0, 0.05) is 12.1 Å². The van der Waals surface area contributed by atoms with Gasteiger partial charge in [0.05, 0.1) is 6.54 Å². The zero-order valence-electron chi connectivity index (χ0n) is 13.9. The first kappa shape index (κ1) is 14.6. The van der Waals surface area contributed by atoms with Crippen LogP contribution in [0.3, 0.4) is 0 Å². The molecule has 126 valence electrons. The number of pyridine rings is 1. The van der Waals surface area contributed by atoms with Crippen LogP contribution in [0.2, 0.25) is 0 Å². The molecule has 0 bridgehead atoms. The second kappa shape index (κ2) is 5.97. The third-order valence-corrected chi connectivity index (χ3v) is 4.99. The summed E-state index contributed by atoms with van der Waals surface area (Å²) in [7, 11) is 0. The quantitative estimate of drug-likeness (QED) is 0.576. The van der Waals surface area contributed by atoms with Crippen molar-refractivity contribution in [3.05, 3.63) is 60.4 Å². The number of oxazole rings is 1. The van der Waals surface area contributed by atoms with Gasteiger partial charge in [-0.1, -0.05) is 18.2 Å². The smallest absolute Gasteiger partial charge is 0.209 e. The van der Waals surface area contributed by atoms with E-state index >= 15 is 0 Å². The summed E-state index contributed by atoms with van der Waals surface area (Å²) >= 11 is 0. The van der Waals surface area contributed by atoms with E-state index in [1.807, 2.05) is 42.5 Å². The molecule has 1 fully saturated rings. The molecule has 0 atom stereocenters. The van der Waals surface area contributed by atoms with Crippen molar-refractivity contribution in [1.29, 1.82) is 0 Å². The van der Waals surface area contributed by atoms with Gasteiger partial charge in [0.2, 0.25) is 5.89 Å². The van der Waals surface area contributed by atoms with Crippen molar-refractivity contribution in [1.82, 2.24) is 24.5 Å². The molecule has 3 aromatic heterocycles. The van der Waals surface area contributed by atoms with E-state index < -0.39 is 0 Å². The molecule has 1 aromatic carbocycles. The van der Waals surface area contributed by atoms with Gasteiger partial charge in [-0.05, 0) is 50.2 Å². The first-order valence-electron chi connectivity index (χ1n) is 8.73. The van der Waals surface area contributed by atoms with Gasteiger partial charge in [-0.3, -0.25) is 9.30 Å². The lowest BCUT2D eigenvalue weighted by Gasteiger charge is -2.30. The minimum atomic E-state index is 0.456. The number of benzene rings is 1. The Kier molecular flexibility index (Phi) is 3.48.